The lowest BCUT2D eigenvalue weighted by molar-refractivity contribution is -0.127. The molecule has 8 heteroatoms. The molecule has 0 spiro atoms. The van der Waals surface area contributed by atoms with E-state index in [2.05, 4.69) is 10.6 Å². The van der Waals surface area contributed by atoms with Gasteiger partial charge >= 0.3 is 0 Å². The Kier molecular flexibility index (Phi) is 7.64. The highest BCUT2D eigenvalue weighted by atomic mass is 35.5. The fraction of sp³-hybridized carbons (Fsp3) is 0.385. The Labute approximate surface area is 137 Å². The second-order valence-electron chi connectivity index (χ2n) is 4.11. The van der Waals surface area contributed by atoms with Crippen molar-refractivity contribution in [2.75, 3.05) is 19.7 Å². The number of halogens is 3. The van der Waals surface area contributed by atoms with Crippen molar-refractivity contribution in [3.05, 3.63) is 27.2 Å². The van der Waals surface area contributed by atoms with Gasteiger partial charge < -0.3 is 15.4 Å². The van der Waals surface area contributed by atoms with Crippen LogP contribution in [0, 0.1) is 0 Å². The van der Waals surface area contributed by atoms with Gasteiger partial charge in [-0.15, -0.1) is 0 Å². The molecule has 0 radical (unpaired) electrons. The van der Waals surface area contributed by atoms with Crippen molar-refractivity contribution in [2.45, 2.75) is 13.3 Å². The van der Waals surface area contributed by atoms with Crippen molar-refractivity contribution in [3.8, 4) is 5.75 Å². The number of hydrogen-bond donors (Lipinski definition) is 2. The average molecular weight is 354 g/mol. The van der Waals surface area contributed by atoms with E-state index in [0.717, 1.165) is 6.42 Å². The Morgan fingerprint density at radius 1 is 1.05 bits per heavy atom. The van der Waals surface area contributed by atoms with Crippen molar-refractivity contribution < 1.29 is 14.3 Å². The lowest BCUT2D eigenvalue weighted by atomic mass is 10.3. The Hall–Kier alpha value is -1.17. The van der Waals surface area contributed by atoms with E-state index in [0.29, 0.717) is 11.6 Å². The quantitative estimate of drug-likeness (QED) is 0.741. The summed E-state index contributed by atoms with van der Waals surface area (Å²) in [6.07, 6.45) is 0.832. The number of carbonyl (C=O) groups excluding carboxylic acids is 2. The van der Waals surface area contributed by atoms with Crippen LogP contribution in [-0.2, 0) is 9.59 Å². The number of hydrogen-bond acceptors (Lipinski definition) is 3. The predicted octanol–water partition coefficient (Wildman–Crippen LogP) is 2.67. The first kappa shape index (κ1) is 17.9. The Morgan fingerprint density at radius 2 is 1.71 bits per heavy atom. The first-order valence-corrected chi connectivity index (χ1v) is 7.38. The number of amides is 2. The van der Waals surface area contributed by atoms with Crippen LogP contribution in [0.5, 0.6) is 5.75 Å². The molecule has 5 nitrogen and oxygen atoms in total. The topological polar surface area (TPSA) is 67.4 Å². The molecule has 2 amide bonds. The predicted molar refractivity (Wildman–Crippen MR) is 83.3 cm³/mol. The van der Waals surface area contributed by atoms with Crippen molar-refractivity contribution in [2.24, 2.45) is 0 Å². The molecule has 0 heterocycles. The minimum absolute atomic E-state index is 0.0999. The van der Waals surface area contributed by atoms with Crippen molar-refractivity contribution in [1.82, 2.24) is 10.6 Å². The van der Waals surface area contributed by atoms with Crippen LogP contribution in [0.4, 0.5) is 0 Å². The van der Waals surface area contributed by atoms with Crippen molar-refractivity contribution >= 4 is 46.6 Å². The maximum absolute atomic E-state index is 11.5. The van der Waals surface area contributed by atoms with Crippen LogP contribution in [0.25, 0.3) is 0 Å². The average Bonchev–Trinajstić information content (AvgIpc) is 2.45. The number of nitrogens with one attached hydrogen (secondary N) is 2. The molecule has 1 aromatic carbocycles. The molecule has 0 aliphatic heterocycles. The summed E-state index contributed by atoms with van der Waals surface area (Å²) in [4.78, 5) is 22.8. The lowest BCUT2D eigenvalue weighted by Gasteiger charge is -2.10. The Balaban J connectivity index is 2.40. The van der Waals surface area contributed by atoms with Gasteiger partial charge in [-0.2, -0.15) is 0 Å². The summed E-state index contributed by atoms with van der Waals surface area (Å²) in [5.74, 6) is -0.446. The molecule has 2 N–H and O–H groups in total. The second-order valence-corrected chi connectivity index (χ2v) is 5.33. The molecule has 0 fully saturated rings. The van der Waals surface area contributed by atoms with E-state index < -0.39 is 5.91 Å². The summed E-state index contributed by atoms with van der Waals surface area (Å²) in [6, 6.07) is 2.85. The molecule has 0 atom stereocenters. The molecular weight excluding hydrogens is 339 g/mol. The van der Waals surface area contributed by atoms with Gasteiger partial charge in [-0.05, 0) is 12.5 Å². The van der Waals surface area contributed by atoms with Crippen LogP contribution in [0.15, 0.2) is 12.1 Å². The summed E-state index contributed by atoms with van der Waals surface area (Å²) in [5, 5.41) is 5.88. The third kappa shape index (κ3) is 6.42. The van der Waals surface area contributed by atoms with Crippen molar-refractivity contribution in [1.29, 1.82) is 0 Å². The smallest absolute Gasteiger partial charge is 0.258 e. The highest BCUT2D eigenvalue weighted by Gasteiger charge is 2.10. The standard InChI is InChI=1S/C13H15Cl3N2O3/c1-2-3-17-12(19)6-18-13(20)7-21-11-5-9(15)8(14)4-10(11)16/h4-5H,2-3,6-7H2,1H3,(H,17,19)(H,18,20). The van der Waals surface area contributed by atoms with E-state index in [1.807, 2.05) is 6.92 Å². The second kappa shape index (κ2) is 8.97. The zero-order valence-electron chi connectivity index (χ0n) is 11.3. The summed E-state index contributed by atoms with van der Waals surface area (Å²) >= 11 is 17.5. The minimum atomic E-state index is -0.441. The minimum Gasteiger partial charge on any atom is -0.482 e. The van der Waals surface area contributed by atoms with Crippen LogP contribution in [-0.4, -0.2) is 31.5 Å². The van der Waals surface area contributed by atoms with Crippen LogP contribution < -0.4 is 15.4 Å². The first-order chi connectivity index (χ1) is 9.93. The van der Waals surface area contributed by atoms with E-state index >= 15 is 0 Å². The van der Waals surface area contributed by atoms with Gasteiger partial charge in [0.1, 0.15) is 5.75 Å². The lowest BCUT2D eigenvalue weighted by Crippen LogP contribution is -2.39. The van der Waals surface area contributed by atoms with Gasteiger partial charge in [0.15, 0.2) is 6.61 Å². The molecule has 0 unspecified atom stereocenters. The number of benzene rings is 1. The fourth-order valence-corrected chi connectivity index (χ4v) is 1.91. The highest BCUT2D eigenvalue weighted by molar-refractivity contribution is 6.43. The normalized spacial score (nSPS) is 10.1. The SMILES string of the molecule is CCCNC(=O)CNC(=O)COc1cc(Cl)c(Cl)cc1Cl. The zero-order valence-corrected chi connectivity index (χ0v) is 13.6. The molecule has 0 aliphatic carbocycles. The van der Waals surface area contributed by atoms with Gasteiger partial charge in [0, 0.05) is 12.6 Å². The number of rotatable bonds is 7. The fourth-order valence-electron chi connectivity index (χ4n) is 1.32. The molecule has 1 aromatic rings. The third-order valence-corrected chi connectivity index (χ3v) is 3.37. The summed E-state index contributed by atoms with van der Waals surface area (Å²) in [6.45, 7) is 2.13. The maximum Gasteiger partial charge on any atom is 0.258 e. The van der Waals surface area contributed by atoms with Gasteiger partial charge in [-0.1, -0.05) is 41.7 Å². The summed E-state index contributed by atoms with van der Waals surface area (Å²) < 4.78 is 5.23. The van der Waals surface area contributed by atoms with Gasteiger partial charge in [0.2, 0.25) is 5.91 Å². The van der Waals surface area contributed by atoms with E-state index in [9.17, 15) is 9.59 Å². The molecule has 0 saturated heterocycles. The summed E-state index contributed by atoms with van der Waals surface area (Å²) in [5.41, 5.74) is 0. The zero-order chi connectivity index (χ0) is 15.8. The van der Waals surface area contributed by atoms with Gasteiger partial charge in [-0.3, -0.25) is 9.59 Å². The van der Waals surface area contributed by atoms with Gasteiger partial charge in [0.05, 0.1) is 21.6 Å². The van der Waals surface area contributed by atoms with Gasteiger partial charge in [0.25, 0.3) is 5.91 Å². The molecule has 116 valence electrons. The van der Waals surface area contributed by atoms with Gasteiger partial charge in [-0.25, -0.2) is 0 Å². The molecule has 0 bridgehead atoms. The van der Waals surface area contributed by atoms with Crippen LogP contribution in [0.1, 0.15) is 13.3 Å². The van der Waals surface area contributed by atoms with E-state index in [4.69, 9.17) is 39.5 Å². The number of ether oxygens (including phenoxy) is 1. The number of carbonyl (C=O) groups is 2. The monoisotopic (exact) mass is 352 g/mol. The van der Waals surface area contributed by atoms with Crippen LogP contribution in [0.3, 0.4) is 0 Å². The largest absolute Gasteiger partial charge is 0.482 e. The molecular formula is C13H15Cl3N2O3. The van der Waals surface area contributed by atoms with E-state index in [1.165, 1.54) is 12.1 Å². The van der Waals surface area contributed by atoms with E-state index in [1.54, 1.807) is 0 Å². The molecule has 0 aromatic heterocycles. The highest BCUT2D eigenvalue weighted by Crippen LogP contribution is 2.33. The van der Waals surface area contributed by atoms with Crippen molar-refractivity contribution in [3.63, 3.8) is 0 Å². The molecule has 21 heavy (non-hydrogen) atoms. The summed E-state index contributed by atoms with van der Waals surface area (Å²) in [7, 11) is 0. The molecule has 1 rings (SSSR count). The molecule has 0 aliphatic rings. The Morgan fingerprint density at radius 3 is 2.38 bits per heavy atom. The van der Waals surface area contributed by atoms with Crippen LogP contribution >= 0.6 is 34.8 Å². The first-order valence-electron chi connectivity index (χ1n) is 6.24. The third-order valence-electron chi connectivity index (χ3n) is 2.35. The van der Waals surface area contributed by atoms with E-state index in [-0.39, 0.29) is 34.9 Å². The molecule has 0 saturated carbocycles. The maximum atomic E-state index is 11.5. The Bertz CT molecular complexity index is 524. The van der Waals surface area contributed by atoms with Crippen LogP contribution in [0.2, 0.25) is 15.1 Å².